The first-order valence-electron chi connectivity index (χ1n) is 22.7. The SMILES string of the molecule is Cc1ccc(-c2ccc(-c3ccc(C)cc3)c3c2C=C(CC(C)(C)C)[CH]3[Zr]([Cl])([Cl])([CH]2C(CC(C)(C)C)=Cc3c(-c4ccc(C)cc4)ccc(-c4ccc(C)cc4)c32)[SiH](C)C)cc1. The van der Waals surface area contributed by atoms with Gasteiger partial charge >= 0.3 is 385 Å². The Hall–Kier alpha value is -3.52. The van der Waals surface area contributed by atoms with E-state index >= 15 is 0 Å². The van der Waals surface area contributed by atoms with Crippen LogP contribution in [-0.4, -0.2) is 5.92 Å². The van der Waals surface area contributed by atoms with Crippen LogP contribution in [0.2, 0.25) is 13.1 Å². The predicted molar refractivity (Wildman–Crippen MR) is 274 cm³/mol. The van der Waals surface area contributed by atoms with E-state index < -0.39 is 21.5 Å². The normalized spacial score (nSPS) is 17.0. The van der Waals surface area contributed by atoms with Gasteiger partial charge in [-0.2, -0.15) is 0 Å². The van der Waals surface area contributed by atoms with E-state index in [-0.39, 0.29) is 18.1 Å². The Morgan fingerprint density at radius 2 is 0.677 bits per heavy atom. The van der Waals surface area contributed by atoms with Crippen LogP contribution in [0, 0.1) is 38.5 Å². The van der Waals surface area contributed by atoms with E-state index in [9.17, 15) is 17.0 Å². The van der Waals surface area contributed by atoms with Crippen molar-refractivity contribution in [2.75, 3.05) is 0 Å². The van der Waals surface area contributed by atoms with Gasteiger partial charge in [0.25, 0.3) is 0 Å². The van der Waals surface area contributed by atoms with Gasteiger partial charge in [0.15, 0.2) is 0 Å². The van der Waals surface area contributed by atoms with Gasteiger partial charge in [-0.3, -0.25) is 0 Å². The minimum absolute atomic E-state index is 0.0128. The number of allylic oxidation sites excluding steroid dienone is 2. The van der Waals surface area contributed by atoms with Crippen LogP contribution in [0.25, 0.3) is 56.7 Å². The summed E-state index contributed by atoms with van der Waals surface area (Å²) in [4.78, 5) is 0. The van der Waals surface area contributed by atoms with Gasteiger partial charge < -0.3 is 0 Å². The van der Waals surface area contributed by atoms with Crippen molar-refractivity contribution >= 4 is 35.1 Å². The van der Waals surface area contributed by atoms with Crippen LogP contribution in [0.3, 0.4) is 0 Å². The summed E-state index contributed by atoms with van der Waals surface area (Å²) in [6.07, 6.45) is 6.98. The van der Waals surface area contributed by atoms with Gasteiger partial charge in [-0.25, -0.2) is 0 Å². The molecule has 8 rings (SSSR count). The number of rotatable bonds is 9. The van der Waals surface area contributed by atoms with E-state index in [1.807, 2.05) is 0 Å². The summed E-state index contributed by atoms with van der Waals surface area (Å²) >= 11 is -5.42. The summed E-state index contributed by atoms with van der Waals surface area (Å²) in [5.74, 6) is -1.93. The van der Waals surface area contributed by atoms with Crippen molar-refractivity contribution < 1.29 is 15.6 Å². The molecule has 0 radical (unpaired) electrons. The van der Waals surface area contributed by atoms with Gasteiger partial charge in [0.1, 0.15) is 0 Å². The van der Waals surface area contributed by atoms with Crippen LogP contribution >= 0.6 is 17.0 Å². The van der Waals surface area contributed by atoms with Crippen molar-refractivity contribution in [3.8, 4) is 44.5 Å². The van der Waals surface area contributed by atoms with Crippen molar-refractivity contribution in [3.63, 3.8) is 0 Å². The van der Waals surface area contributed by atoms with Crippen LogP contribution in [0.15, 0.2) is 132 Å². The molecule has 0 aliphatic heterocycles. The zero-order valence-electron chi connectivity index (χ0n) is 39.1. The first-order chi connectivity index (χ1) is 29.1. The van der Waals surface area contributed by atoms with E-state index in [1.165, 1.54) is 100 Å². The quantitative estimate of drug-likeness (QED) is 0.127. The summed E-state index contributed by atoms with van der Waals surface area (Å²) in [6.45, 7) is 28.0. The molecule has 0 spiro atoms. The predicted octanol–water partition coefficient (Wildman–Crippen LogP) is 18.0. The van der Waals surface area contributed by atoms with Gasteiger partial charge in [-0.1, -0.05) is 0 Å². The van der Waals surface area contributed by atoms with Crippen LogP contribution in [-0.2, 0) is 15.6 Å². The molecule has 2 atom stereocenters. The third kappa shape index (κ3) is 8.33. The molecule has 2 aliphatic carbocycles. The molecule has 62 heavy (non-hydrogen) atoms. The Balaban J connectivity index is 1.51. The molecule has 0 saturated heterocycles. The average Bonchev–Trinajstić information content (AvgIpc) is 3.77. The zero-order valence-corrected chi connectivity index (χ0v) is 44.2. The molecule has 0 saturated carbocycles. The molecule has 6 aromatic carbocycles. The number of benzene rings is 6. The average molecular weight is 952 g/mol. The Morgan fingerprint density at radius 3 is 0.935 bits per heavy atom. The summed E-state index contributed by atoms with van der Waals surface area (Å²) in [6, 6.07) is 46.0. The molecule has 2 aliphatic rings. The van der Waals surface area contributed by atoms with Gasteiger partial charge in [0.2, 0.25) is 0 Å². The number of halogens is 2. The molecule has 2 unspecified atom stereocenters. The van der Waals surface area contributed by atoms with Crippen molar-refractivity contribution in [2.45, 2.75) is 102 Å². The summed E-state index contributed by atoms with van der Waals surface area (Å²) in [5.41, 5.74) is 23.2. The molecule has 0 amide bonds. The van der Waals surface area contributed by atoms with Gasteiger partial charge in [0, 0.05) is 0 Å². The third-order valence-electron chi connectivity index (χ3n) is 13.7. The maximum absolute atomic E-state index is 9.41. The minimum atomic E-state index is -5.42. The topological polar surface area (TPSA) is 0 Å². The summed E-state index contributed by atoms with van der Waals surface area (Å²) in [7, 11) is 18.8. The number of hydrogen-bond donors (Lipinski definition) is 0. The van der Waals surface area contributed by atoms with Crippen molar-refractivity contribution in [1.82, 2.24) is 0 Å². The Bertz CT molecular complexity index is 2530. The van der Waals surface area contributed by atoms with Crippen molar-refractivity contribution in [3.05, 3.63) is 177 Å². The summed E-state index contributed by atoms with van der Waals surface area (Å²) < 4.78 is -0.147. The Kier molecular flexibility index (Phi) is 12.0. The molecular weight excluding hydrogens is 887 g/mol. The van der Waals surface area contributed by atoms with Gasteiger partial charge in [-0.15, -0.1) is 0 Å². The Morgan fingerprint density at radius 1 is 0.419 bits per heavy atom. The fourth-order valence-electron chi connectivity index (χ4n) is 10.7. The fourth-order valence-corrected chi connectivity index (χ4v) is 41.7. The third-order valence-corrected chi connectivity index (χ3v) is 65.4. The molecule has 319 valence electrons. The molecule has 6 aromatic rings. The first kappa shape index (κ1) is 45.1. The fraction of sp³-hybridized carbons (Fsp3) is 0.310. The second-order valence-corrected chi connectivity index (χ2v) is 64.1. The molecule has 0 N–H and O–H groups in total. The molecule has 0 fully saturated rings. The van der Waals surface area contributed by atoms with Crippen molar-refractivity contribution in [2.24, 2.45) is 10.8 Å². The van der Waals surface area contributed by atoms with E-state index in [0.717, 1.165) is 12.8 Å². The molecule has 4 heteroatoms. The standard InChI is InChI=1S/2C28H29.C2H7Si.2ClH.Zr/c2*1-19-6-10-22(11-7-19)24-14-15-25(23-12-8-20(2)9-13-23)27-17-21(16-26(24)27)18-28(3,4)5;1-3-2;;;/h2*6-17H,18H2,1-5H3;3H,1-2H3;2*1H;/q;;;;;+2/p-2. The van der Waals surface area contributed by atoms with Crippen LogP contribution in [0.4, 0.5) is 0 Å². The van der Waals surface area contributed by atoms with Gasteiger partial charge in [-0.05, 0) is 0 Å². The number of fused-ring (bicyclic) bond motifs is 2. The van der Waals surface area contributed by atoms with Crippen LogP contribution < -0.4 is 0 Å². The van der Waals surface area contributed by atoms with Crippen LogP contribution in [0.1, 0.15) is 106 Å². The van der Waals surface area contributed by atoms with Crippen molar-refractivity contribution in [1.29, 1.82) is 0 Å². The number of hydrogen-bond acceptors (Lipinski definition) is 0. The number of aryl methyl sites for hydroxylation is 4. The second-order valence-electron chi connectivity index (χ2n) is 21.6. The van der Waals surface area contributed by atoms with E-state index in [2.05, 4.69) is 216 Å². The van der Waals surface area contributed by atoms with Gasteiger partial charge in [0.05, 0.1) is 0 Å². The molecule has 0 aromatic heterocycles. The van der Waals surface area contributed by atoms with E-state index in [4.69, 9.17) is 0 Å². The molecule has 0 bridgehead atoms. The summed E-state index contributed by atoms with van der Waals surface area (Å²) in [5, 5.41) is 0. The van der Waals surface area contributed by atoms with Crippen LogP contribution in [0.5, 0.6) is 0 Å². The van der Waals surface area contributed by atoms with E-state index in [0.29, 0.717) is 0 Å². The zero-order chi connectivity index (χ0) is 44.5. The monoisotopic (exact) mass is 949 g/mol. The molecular formula is C58H65Cl2SiZr. The molecule has 0 heterocycles. The second kappa shape index (κ2) is 16.5. The molecule has 0 nitrogen and oxygen atoms in total. The van der Waals surface area contributed by atoms with E-state index in [1.54, 1.807) is 0 Å². The maximum atomic E-state index is 9.41. The first-order valence-corrected chi connectivity index (χ1v) is 39.0. The Labute approximate surface area is 382 Å².